The van der Waals surface area contributed by atoms with Crippen molar-refractivity contribution in [3.05, 3.63) is 63.9 Å². The van der Waals surface area contributed by atoms with Crippen LogP contribution in [0.15, 0.2) is 47.1 Å². The average molecular weight is 348 g/mol. The van der Waals surface area contributed by atoms with Gasteiger partial charge in [0.05, 0.1) is 11.7 Å². The van der Waals surface area contributed by atoms with Crippen LogP contribution in [-0.4, -0.2) is 10.9 Å². The van der Waals surface area contributed by atoms with Crippen LogP contribution in [0.4, 0.5) is 0 Å². The maximum absolute atomic E-state index is 12.3. The second-order valence-corrected chi connectivity index (χ2v) is 5.64. The summed E-state index contributed by atoms with van der Waals surface area (Å²) in [4.78, 5) is 16.4. The Bertz CT molecular complexity index is 613. The van der Waals surface area contributed by atoms with Crippen LogP contribution in [0, 0.1) is 0 Å². The Morgan fingerprint density at radius 3 is 2.67 bits per heavy atom. The van der Waals surface area contributed by atoms with Gasteiger partial charge in [0.1, 0.15) is 0 Å². The van der Waals surface area contributed by atoms with E-state index in [-0.39, 0.29) is 11.9 Å². The largest absolute Gasteiger partial charge is 0.345 e. The topological polar surface area (TPSA) is 68.0 Å². The van der Waals surface area contributed by atoms with Crippen LogP contribution in [-0.2, 0) is 6.54 Å². The van der Waals surface area contributed by atoms with Crippen molar-refractivity contribution in [1.29, 1.82) is 0 Å². The highest BCUT2D eigenvalue weighted by Crippen LogP contribution is 2.20. The maximum atomic E-state index is 12.3. The lowest BCUT2D eigenvalue weighted by Gasteiger charge is -2.17. The number of benzene rings is 1. The first kappa shape index (κ1) is 15.7. The fourth-order valence-electron chi connectivity index (χ4n) is 2.09. The highest BCUT2D eigenvalue weighted by molar-refractivity contribution is 9.10. The molecule has 0 aliphatic carbocycles. The van der Waals surface area contributed by atoms with E-state index < -0.39 is 0 Å². The van der Waals surface area contributed by atoms with Crippen molar-refractivity contribution in [3.8, 4) is 0 Å². The number of amides is 1. The van der Waals surface area contributed by atoms with Crippen molar-refractivity contribution in [1.82, 2.24) is 10.3 Å². The number of pyridine rings is 1. The molecule has 0 bridgehead atoms. The van der Waals surface area contributed by atoms with Crippen molar-refractivity contribution in [2.45, 2.75) is 25.9 Å². The molecule has 1 heterocycles. The van der Waals surface area contributed by atoms with Gasteiger partial charge in [-0.25, -0.2) is 0 Å². The van der Waals surface area contributed by atoms with Gasteiger partial charge in [0.15, 0.2) is 0 Å². The van der Waals surface area contributed by atoms with E-state index in [0.29, 0.717) is 17.8 Å². The molecule has 1 aromatic carbocycles. The summed E-state index contributed by atoms with van der Waals surface area (Å²) in [5, 5.41) is 3.05. The maximum Gasteiger partial charge on any atom is 0.251 e. The number of nitrogens with zero attached hydrogens (tertiary/aromatic N) is 1. The molecule has 4 nitrogen and oxygen atoms in total. The van der Waals surface area contributed by atoms with Crippen LogP contribution in [0.25, 0.3) is 0 Å². The van der Waals surface area contributed by atoms with E-state index in [1.54, 1.807) is 18.3 Å². The van der Waals surface area contributed by atoms with E-state index in [1.165, 1.54) is 0 Å². The molecule has 110 valence electrons. The second-order valence-electron chi connectivity index (χ2n) is 4.73. The summed E-state index contributed by atoms with van der Waals surface area (Å²) in [7, 11) is 0. The predicted octanol–water partition coefficient (Wildman–Crippen LogP) is 3.18. The third-order valence-corrected chi connectivity index (χ3v) is 3.80. The van der Waals surface area contributed by atoms with Crippen LogP contribution in [0.5, 0.6) is 0 Å². The predicted molar refractivity (Wildman–Crippen MR) is 86.8 cm³/mol. The molecule has 3 N–H and O–H groups in total. The molecule has 2 rings (SSSR count). The molecule has 2 aromatic rings. The summed E-state index contributed by atoms with van der Waals surface area (Å²) >= 11 is 3.41. The molecule has 0 spiro atoms. The van der Waals surface area contributed by atoms with Gasteiger partial charge in [-0.15, -0.1) is 0 Å². The zero-order chi connectivity index (χ0) is 15.2. The van der Waals surface area contributed by atoms with E-state index in [2.05, 4.69) is 26.2 Å². The summed E-state index contributed by atoms with van der Waals surface area (Å²) in [5.74, 6) is -0.109. The van der Waals surface area contributed by atoms with Gasteiger partial charge in [0, 0.05) is 22.8 Å². The van der Waals surface area contributed by atoms with E-state index >= 15 is 0 Å². The van der Waals surface area contributed by atoms with Gasteiger partial charge in [-0.3, -0.25) is 9.78 Å². The third kappa shape index (κ3) is 4.12. The van der Waals surface area contributed by atoms with Gasteiger partial charge in [-0.1, -0.05) is 35.0 Å². The number of carbonyl (C=O) groups excluding carboxylic acids is 1. The van der Waals surface area contributed by atoms with Crippen LogP contribution >= 0.6 is 15.9 Å². The molecule has 5 heteroatoms. The molecular weight excluding hydrogens is 330 g/mol. The third-order valence-electron chi connectivity index (χ3n) is 3.27. The Hall–Kier alpha value is -1.72. The number of carbonyl (C=O) groups is 1. The van der Waals surface area contributed by atoms with Crippen molar-refractivity contribution in [3.63, 3.8) is 0 Å². The molecule has 21 heavy (non-hydrogen) atoms. The second kappa shape index (κ2) is 7.33. The zero-order valence-corrected chi connectivity index (χ0v) is 13.4. The highest BCUT2D eigenvalue weighted by Gasteiger charge is 2.14. The lowest BCUT2D eigenvalue weighted by Crippen LogP contribution is -2.28. The fourth-order valence-corrected chi connectivity index (χ4v) is 2.35. The molecule has 1 amide bonds. The smallest absolute Gasteiger partial charge is 0.251 e. The molecule has 0 saturated heterocycles. The van der Waals surface area contributed by atoms with Gasteiger partial charge in [-0.2, -0.15) is 0 Å². The standard InChI is InChI=1S/C16H18BrN3O/c1-2-15(11-3-5-13(17)6-4-11)20-16(21)12-7-8-19-14(9-12)10-18/h3-9,15H,2,10,18H2,1H3,(H,20,21). The normalized spacial score (nSPS) is 12.0. The lowest BCUT2D eigenvalue weighted by molar-refractivity contribution is 0.0935. The van der Waals surface area contributed by atoms with Gasteiger partial charge >= 0.3 is 0 Å². The van der Waals surface area contributed by atoms with Crippen LogP contribution in [0.1, 0.15) is 41.0 Å². The first-order chi connectivity index (χ1) is 10.1. The Morgan fingerprint density at radius 2 is 2.05 bits per heavy atom. The molecule has 0 aliphatic heterocycles. The molecule has 0 saturated carbocycles. The SMILES string of the molecule is CCC(NC(=O)c1ccnc(CN)c1)c1ccc(Br)cc1. The number of hydrogen-bond donors (Lipinski definition) is 2. The summed E-state index contributed by atoms with van der Waals surface area (Å²) in [5.41, 5.74) is 7.93. The summed E-state index contributed by atoms with van der Waals surface area (Å²) in [6.07, 6.45) is 2.43. The summed E-state index contributed by atoms with van der Waals surface area (Å²) in [6, 6.07) is 11.4. The lowest BCUT2D eigenvalue weighted by atomic mass is 10.0. The van der Waals surface area contributed by atoms with Crippen LogP contribution in [0.2, 0.25) is 0 Å². The van der Waals surface area contributed by atoms with Gasteiger partial charge in [0.2, 0.25) is 0 Å². The van der Waals surface area contributed by atoms with Crippen molar-refractivity contribution in [2.75, 3.05) is 0 Å². The molecule has 1 aromatic heterocycles. The molecule has 0 radical (unpaired) electrons. The number of hydrogen-bond acceptors (Lipinski definition) is 3. The zero-order valence-electron chi connectivity index (χ0n) is 11.8. The summed E-state index contributed by atoms with van der Waals surface area (Å²) < 4.78 is 1.02. The summed E-state index contributed by atoms with van der Waals surface area (Å²) in [6.45, 7) is 2.37. The Labute approximate surface area is 132 Å². The average Bonchev–Trinajstić information content (AvgIpc) is 2.53. The van der Waals surface area contributed by atoms with Gasteiger partial charge in [-0.05, 0) is 36.2 Å². The Kier molecular flexibility index (Phi) is 5.47. The Morgan fingerprint density at radius 1 is 1.33 bits per heavy atom. The van der Waals surface area contributed by atoms with E-state index in [9.17, 15) is 4.79 Å². The minimum Gasteiger partial charge on any atom is -0.345 e. The van der Waals surface area contributed by atoms with Crippen molar-refractivity contribution in [2.24, 2.45) is 5.73 Å². The monoisotopic (exact) mass is 347 g/mol. The van der Waals surface area contributed by atoms with Gasteiger partial charge < -0.3 is 11.1 Å². The molecule has 1 atom stereocenters. The molecular formula is C16H18BrN3O. The molecule has 0 aliphatic rings. The van der Waals surface area contributed by atoms with E-state index in [4.69, 9.17) is 5.73 Å². The number of rotatable bonds is 5. The quantitative estimate of drug-likeness (QED) is 0.872. The van der Waals surface area contributed by atoms with E-state index in [0.717, 1.165) is 16.5 Å². The molecule has 0 fully saturated rings. The Balaban J connectivity index is 2.14. The van der Waals surface area contributed by atoms with Crippen molar-refractivity contribution >= 4 is 21.8 Å². The number of aromatic nitrogens is 1. The van der Waals surface area contributed by atoms with Crippen LogP contribution in [0.3, 0.4) is 0 Å². The first-order valence-electron chi connectivity index (χ1n) is 6.85. The van der Waals surface area contributed by atoms with Crippen molar-refractivity contribution < 1.29 is 4.79 Å². The number of nitrogens with two attached hydrogens (primary N) is 1. The van der Waals surface area contributed by atoms with Gasteiger partial charge in [0.25, 0.3) is 5.91 Å². The fraction of sp³-hybridized carbons (Fsp3) is 0.250. The number of nitrogens with one attached hydrogen (secondary N) is 1. The first-order valence-corrected chi connectivity index (χ1v) is 7.64. The van der Waals surface area contributed by atoms with E-state index in [1.807, 2.05) is 31.2 Å². The number of halogens is 1. The minimum absolute atomic E-state index is 0.0138. The minimum atomic E-state index is -0.109. The highest BCUT2D eigenvalue weighted by atomic mass is 79.9. The molecule has 1 unspecified atom stereocenters. The van der Waals surface area contributed by atoms with Crippen LogP contribution < -0.4 is 11.1 Å².